The minimum atomic E-state index is -0.421. The summed E-state index contributed by atoms with van der Waals surface area (Å²) >= 11 is 5.83. The Balaban J connectivity index is 1.59. The van der Waals surface area contributed by atoms with Gasteiger partial charge in [-0.15, -0.1) is 0 Å². The predicted octanol–water partition coefficient (Wildman–Crippen LogP) is 3.62. The number of rotatable bonds is 4. The maximum Gasteiger partial charge on any atom is 0.270 e. The van der Waals surface area contributed by atoms with Crippen LogP contribution in [0, 0.1) is 0 Å². The molecule has 2 heterocycles. The molecule has 2 aromatic heterocycles. The molecule has 1 aromatic carbocycles. The Kier molecular flexibility index (Phi) is 4.77. The maximum atomic E-state index is 12.8. The Hall–Kier alpha value is -2.93. The van der Waals surface area contributed by atoms with Crippen LogP contribution in [0.5, 0.6) is 0 Å². The van der Waals surface area contributed by atoms with Gasteiger partial charge in [-0.05, 0) is 57.0 Å². The molecule has 1 aliphatic carbocycles. The maximum absolute atomic E-state index is 12.8. The molecule has 2 amide bonds. The summed E-state index contributed by atoms with van der Waals surface area (Å²) in [6.45, 7) is 4.04. The molecule has 0 radical (unpaired) electrons. The molecule has 28 heavy (non-hydrogen) atoms. The van der Waals surface area contributed by atoms with Gasteiger partial charge in [0.1, 0.15) is 0 Å². The molecule has 0 unspecified atom stereocenters. The Labute approximate surface area is 167 Å². The van der Waals surface area contributed by atoms with Crippen LogP contribution in [0.15, 0.2) is 36.5 Å². The summed E-state index contributed by atoms with van der Waals surface area (Å²) in [4.78, 5) is 29.8. The molecule has 3 aromatic rings. The highest BCUT2D eigenvalue weighted by Gasteiger charge is 2.28. The number of pyridine rings is 1. The van der Waals surface area contributed by atoms with Crippen LogP contribution in [0.3, 0.4) is 0 Å². The van der Waals surface area contributed by atoms with Gasteiger partial charge in [-0.2, -0.15) is 5.10 Å². The number of hydrazine groups is 1. The average molecular weight is 398 g/mol. The molecular weight excluding hydrogens is 378 g/mol. The Morgan fingerprint density at radius 2 is 1.82 bits per heavy atom. The van der Waals surface area contributed by atoms with E-state index in [-0.39, 0.29) is 6.04 Å². The van der Waals surface area contributed by atoms with Crippen LogP contribution in [0.1, 0.15) is 65.1 Å². The fourth-order valence-corrected chi connectivity index (χ4v) is 3.17. The number of nitrogens with zero attached hydrogens (tertiary/aromatic N) is 3. The van der Waals surface area contributed by atoms with Crippen LogP contribution in [0.2, 0.25) is 5.02 Å². The van der Waals surface area contributed by atoms with Crippen molar-refractivity contribution in [3.8, 4) is 0 Å². The SMILES string of the molecule is CC(C)n1ncc2c(C(=O)NNC(=O)c3ccc(Cl)cc3)cc(C3CC3)nc21. The van der Waals surface area contributed by atoms with Crippen LogP contribution >= 0.6 is 11.6 Å². The van der Waals surface area contributed by atoms with Gasteiger partial charge in [0.25, 0.3) is 11.8 Å². The number of aromatic nitrogens is 3. The van der Waals surface area contributed by atoms with Crippen LogP contribution in [-0.4, -0.2) is 26.6 Å². The third kappa shape index (κ3) is 3.57. The third-order valence-corrected chi connectivity index (χ3v) is 4.96. The second-order valence-electron chi connectivity index (χ2n) is 7.20. The Morgan fingerprint density at radius 1 is 1.14 bits per heavy atom. The summed E-state index contributed by atoms with van der Waals surface area (Å²) in [6, 6.07) is 8.34. The van der Waals surface area contributed by atoms with E-state index in [2.05, 4.69) is 16.0 Å². The van der Waals surface area contributed by atoms with E-state index in [1.807, 2.05) is 18.5 Å². The van der Waals surface area contributed by atoms with E-state index < -0.39 is 11.8 Å². The molecule has 1 aliphatic rings. The van der Waals surface area contributed by atoms with Crippen LogP contribution in [0.4, 0.5) is 0 Å². The summed E-state index contributed by atoms with van der Waals surface area (Å²) in [5.74, 6) is -0.439. The van der Waals surface area contributed by atoms with Gasteiger partial charge in [0, 0.05) is 28.2 Å². The lowest BCUT2D eigenvalue weighted by molar-refractivity contribution is 0.0847. The zero-order chi connectivity index (χ0) is 19.8. The van der Waals surface area contributed by atoms with E-state index >= 15 is 0 Å². The van der Waals surface area contributed by atoms with Gasteiger partial charge in [0.2, 0.25) is 0 Å². The van der Waals surface area contributed by atoms with E-state index in [1.165, 1.54) is 0 Å². The molecule has 1 fully saturated rings. The quantitative estimate of drug-likeness (QED) is 0.658. The van der Waals surface area contributed by atoms with Crippen LogP contribution in [0.25, 0.3) is 11.0 Å². The number of nitrogens with one attached hydrogen (secondary N) is 2. The van der Waals surface area contributed by atoms with Crippen molar-refractivity contribution in [2.75, 3.05) is 0 Å². The van der Waals surface area contributed by atoms with Crippen molar-refractivity contribution in [1.29, 1.82) is 0 Å². The van der Waals surface area contributed by atoms with Crippen molar-refractivity contribution in [3.05, 3.63) is 58.4 Å². The van der Waals surface area contributed by atoms with Crippen molar-refractivity contribution >= 4 is 34.4 Å². The lowest BCUT2D eigenvalue weighted by Gasteiger charge is -2.11. The van der Waals surface area contributed by atoms with E-state index in [1.54, 1.807) is 36.5 Å². The van der Waals surface area contributed by atoms with Gasteiger partial charge in [0.15, 0.2) is 5.65 Å². The standard InChI is InChI=1S/C20H20ClN5O2/c1-11(2)26-18-16(10-22-26)15(9-17(23-18)12-3-4-12)20(28)25-24-19(27)13-5-7-14(21)8-6-13/h5-12H,3-4H2,1-2H3,(H,24,27)(H,25,28). The van der Waals surface area contributed by atoms with E-state index in [0.717, 1.165) is 18.5 Å². The number of halogens is 1. The molecule has 0 aliphatic heterocycles. The zero-order valence-corrected chi connectivity index (χ0v) is 16.3. The Morgan fingerprint density at radius 3 is 2.46 bits per heavy atom. The van der Waals surface area contributed by atoms with Crippen molar-refractivity contribution < 1.29 is 9.59 Å². The van der Waals surface area contributed by atoms with E-state index in [0.29, 0.717) is 33.1 Å². The number of hydrogen-bond acceptors (Lipinski definition) is 4. The highest BCUT2D eigenvalue weighted by atomic mass is 35.5. The molecule has 1 saturated carbocycles. The van der Waals surface area contributed by atoms with Crippen molar-refractivity contribution in [2.24, 2.45) is 0 Å². The summed E-state index contributed by atoms with van der Waals surface area (Å²) in [5, 5.41) is 5.58. The minimum absolute atomic E-state index is 0.125. The lowest BCUT2D eigenvalue weighted by atomic mass is 10.1. The summed E-state index contributed by atoms with van der Waals surface area (Å²) in [7, 11) is 0. The van der Waals surface area contributed by atoms with Gasteiger partial charge in [-0.3, -0.25) is 20.4 Å². The normalized spacial score (nSPS) is 13.7. The first-order valence-corrected chi connectivity index (χ1v) is 9.56. The highest BCUT2D eigenvalue weighted by molar-refractivity contribution is 6.30. The number of hydrogen-bond donors (Lipinski definition) is 2. The first-order chi connectivity index (χ1) is 13.4. The van der Waals surface area contributed by atoms with Gasteiger partial charge in [-0.25, -0.2) is 9.67 Å². The number of benzene rings is 1. The van der Waals surface area contributed by atoms with Crippen molar-refractivity contribution in [3.63, 3.8) is 0 Å². The molecule has 0 spiro atoms. The summed E-state index contributed by atoms with van der Waals surface area (Å²) < 4.78 is 1.81. The summed E-state index contributed by atoms with van der Waals surface area (Å²) in [5.41, 5.74) is 7.37. The third-order valence-electron chi connectivity index (χ3n) is 4.71. The van der Waals surface area contributed by atoms with Crippen LogP contribution in [-0.2, 0) is 0 Å². The first kappa shape index (κ1) is 18.4. The zero-order valence-electron chi connectivity index (χ0n) is 15.6. The topological polar surface area (TPSA) is 88.9 Å². The van der Waals surface area contributed by atoms with E-state index in [9.17, 15) is 9.59 Å². The minimum Gasteiger partial charge on any atom is -0.267 e. The molecule has 0 bridgehead atoms. The van der Waals surface area contributed by atoms with Gasteiger partial charge < -0.3 is 0 Å². The van der Waals surface area contributed by atoms with Crippen molar-refractivity contribution in [2.45, 2.75) is 38.6 Å². The van der Waals surface area contributed by atoms with Crippen molar-refractivity contribution in [1.82, 2.24) is 25.6 Å². The van der Waals surface area contributed by atoms with Gasteiger partial charge in [0.05, 0.1) is 17.1 Å². The average Bonchev–Trinajstić information content (AvgIpc) is 3.44. The largest absolute Gasteiger partial charge is 0.270 e. The fraction of sp³-hybridized carbons (Fsp3) is 0.300. The highest BCUT2D eigenvalue weighted by Crippen LogP contribution is 2.40. The second-order valence-corrected chi connectivity index (χ2v) is 7.64. The first-order valence-electron chi connectivity index (χ1n) is 9.18. The molecule has 0 atom stereocenters. The lowest BCUT2D eigenvalue weighted by Crippen LogP contribution is -2.41. The molecule has 4 rings (SSSR count). The number of amides is 2. The molecule has 7 nitrogen and oxygen atoms in total. The monoisotopic (exact) mass is 397 g/mol. The predicted molar refractivity (Wildman–Crippen MR) is 106 cm³/mol. The Bertz CT molecular complexity index is 1050. The second kappa shape index (κ2) is 7.24. The smallest absolute Gasteiger partial charge is 0.267 e. The van der Waals surface area contributed by atoms with Gasteiger partial charge >= 0.3 is 0 Å². The van der Waals surface area contributed by atoms with Gasteiger partial charge in [-0.1, -0.05) is 11.6 Å². The summed E-state index contributed by atoms with van der Waals surface area (Å²) in [6.07, 6.45) is 3.79. The van der Waals surface area contributed by atoms with Crippen LogP contribution < -0.4 is 10.9 Å². The fourth-order valence-electron chi connectivity index (χ4n) is 3.05. The molecule has 0 saturated heterocycles. The number of carbonyl (C=O) groups excluding carboxylic acids is 2. The molecule has 144 valence electrons. The van der Waals surface area contributed by atoms with E-state index in [4.69, 9.17) is 16.6 Å². The molecular formula is C20H20ClN5O2. The molecule has 2 N–H and O–H groups in total. The molecule has 8 heteroatoms. The number of fused-ring (bicyclic) bond motifs is 1. The number of carbonyl (C=O) groups is 2.